The number of carbonyl (C=O) groups is 1. The highest BCUT2D eigenvalue weighted by molar-refractivity contribution is 6.17. The molecule has 11 heteroatoms. The lowest BCUT2D eigenvalue weighted by molar-refractivity contribution is -0.116. The first-order valence-electron chi connectivity index (χ1n) is 13.0. The Morgan fingerprint density at radius 3 is 2.77 bits per heavy atom. The first kappa shape index (κ1) is 25.2. The Balaban J connectivity index is 1.33. The Morgan fingerprint density at radius 2 is 1.95 bits per heavy atom. The van der Waals surface area contributed by atoms with E-state index >= 15 is 0 Å². The number of rotatable bonds is 5. The predicted molar refractivity (Wildman–Crippen MR) is 149 cm³/mol. The second kappa shape index (κ2) is 11.0. The fourth-order valence-electron chi connectivity index (χ4n) is 4.83. The normalized spacial score (nSPS) is 18.9. The van der Waals surface area contributed by atoms with Crippen molar-refractivity contribution in [3.63, 3.8) is 0 Å². The average molecular weight is 535 g/mol. The minimum absolute atomic E-state index is 0.0273. The molecule has 0 aliphatic carbocycles. The fourth-order valence-corrected chi connectivity index (χ4v) is 4.83. The van der Waals surface area contributed by atoms with Crippen molar-refractivity contribution >= 4 is 29.0 Å². The van der Waals surface area contributed by atoms with Crippen molar-refractivity contribution in [2.75, 3.05) is 35.2 Å². The van der Waals surface area contributed by atoms with Crippen LogP contribution in [0.15, 0.2) is 76.3 Å². The number of para-hydroxylation sites is 1. The van der Waals surface area contributed by atoms with Crippen molar-refractivity contribution in [2.24, 2.45) is 4.99 Å². The van der Waals surface area contributed by atoms with Gasteiger partial charge in [-0.05, 0) is 19.1 Å². The number of ether oxygens (including phenoxy) is 1. The Morgan fingerprint density at radius 1 is 1.12 bits per heavy atom. The molecule has 0 saturated carbocycles. The smallest absolute Gasteiger partial charge is 0.317 e. The number of pyridine rings is 1. The van der Waals surface area contributed by atoms with Gasteiger partial charge in [0.2, 0.25) is 5.91 Å². The summed E-state index contributed by atoms with van der Waals surface area (Å²) in [5, 5.41) is 24.0. The van der Waals surface area contributed by atoms with Crippen LogP contribution in [0, 0.1) is 11.3 Å². The highest BCUT2D eigenvalue weighted by atomic mass is 16.5. The summed E-state index contributed by atoms with van der Waals surface area (Å²) in [5.41, 5.74) is 4.76. The molecule has 1 fully saturated rings. The molecule has 2 aliphatic rings. The molecule has 200 valence electrons. The van der Waals surface area contributed by atoms with Crippen LogP contribution in [0.2, 0.25) is 0 Å². The van der Waals surface area contributed by atoms with E-state index in [1.807, 2.05) is 61.5 Å². The summed E-state index contributed by atoms with van der Waals surface area (Å²) in [6, 6.07) is 21.4. The summed E-state index contributed by atoms with van der Waals surface area (Å²) in [4.78, 5) is 24.4. The number of aromatic nitrogens is 3. The average Bonchev–Trinajstić information content (AvgIpc) is 3.43. The van der Waals surface area contributed by atoms with Crippen molar-refractivity contribution in [1.82, 2.24) is 15.2 Å². The summed E-state index contributed by atoms with van der Waals surface area (Å²) in [5.74, 6) is -0.00734. The van der Waals surface area contributed by atoms with Gasteiger partial charge in [-0.25, -0.2) is 4.98 Å². The zero-order chi connectivity index (χ0) is 27.5. The minimum atomic E-state index is -0.676. The lowest BCUT2D eigenvalue weighted by Crippen LogP contribution is -2.41. The van der Waals surface area contributed by atoms with E-state index in [0.717, 1.165) is 22.5 Å². The van der Waals surface area contributed by atoms with E-state index in [4.69, 9.17) is 14.1 Å². The van der Waals surface area contributed by atoms with Crippen LogP contribution in [0.5, 0.6) is 0 Å². The quantitative estimate of drug-likeness (QED) is 0.390. The molecular formula is C29H26N8O3. The molecule has 2 N–H and O–H groups in total. The van der Waals surface area contributed by atoms with Gasteiger partial charge in [-0.15, -0.1) is 5.10 Å². The second-order valence-electron chi connectivity index (χ2n) is 9.55. The van der Waals surface area contributed by atoms with Crippen molar-refractivity contribution in [3.05, 3.63) is 83.6 Å². The highest BCUT2D eigenvalue weighted by Gasteiger charge is 2.26. The van der Waals surface area contributed by atoms with Gasteiger partial charge in [0.15, 0.2) is 5.69 Å². The number of benzene rings is 2. The number of nitrogens with zero attached hydrogens (tertiary/aromatic N) is 6. The lowest BCUT2D eigenvalue weighted by atomic mass is 9.99. The number of hydrogen-bond donors (Lipinski definition) is 2. The Hall–Kier alpha value is -5.08. The number of nitrogens with one attached hydrogen (secondary N) is 2. The first-order valence-corrected chi connectivity index (χ1v) is 13.0. The molecule has 40 heavy (non-hydrogen) atoms. The molecule has 1 saturated heterocycles. The van der Waals surface area contributed by atoms with Crippen LogP contribution in [0.3, 0.4) is 0 Å². The van der Waals surface area contributed by atoms with Crippen molar-refractivity contribution in [1.29, 1.82) is 5.26 Å². The zero-order valence-electron chi connectivity index (χ0n) is 21.7. The van der Waals surface area contributed by atoms with E-state index in [-0.39, 0.29) is 30.3 Å². The fraction of sp³-hybridized carbons (Fsp3) is 0.241. The molecule has 1 amide bonds. The summed E-state index contributed by atoms with van der Waals surface area (Å²) in [6.07, 6.45) is 0.881. The van der Waals surface area contributed by atoms with Crippen LogP contribution < -0.4 is 15.5 Å². The van der Waals surface area contributed by atoms with Crippen molar-refractivity contribution < 1.29 is 13.9 Å². The summed E-state index contributed by atoms with van der Waals surface area (Å²) >= 11 is 0. The molecule has 0 radical (unpaired) electrons. The maximum absolute atomic E-state index is 12.8. The van der Waals surface area contributed by atoms with Gasteiger partial charge in [-0.3, -0.25) is 9.79 Å². The molecule has 0 spiro atoms. The maximum atomic E-state index is 12.8. The number of nitriles is 1. The topological polar surface area (TPSA) is 142 Å². The standard InChI is InChI=1S/C29H26N8O3/c1-18-17-37(11-12-39-18)23-13-19(15-30)16-31-27(23)28-35-36-29(40-28)34-24-14-25(38)32-22-10-6-5-9-21(22)26(33-24)20-7-3-2-4-8-20/h2-10,13,16,18,24H,11-12,14,17H2,1H3,(H,32,38)(H,34,36)/t18-,24+/m0/s1. The van der Waals surface area contributed by atoms with Crippen LogP contribution in [0.4, 0.5) is 17.4 Å². The molecule has 4 heterocycles. The molecule has 2 aromatic heterocycles. The van der Waals surface area contributed by atoms with Gasteiger partial charge in [0.1, 0.15) is 12.2 Å². The van der Waals surface area contributed by atoms with E-state index in [1.165, 1.54) is 6.20 Å². The predicted octanol–water partition coefficient (Wildman–Crippen LogP) is 3.85. The number of hydrogen-bond acceptors (Lipinski definition) is 10. The van der Waals surface area contributed by atoms with Crippen molar-refractivity contribution in [3.8, 4) is 17.7 Å². The number of morpholine rings is 1. The van der Waals surface area contributed by atoms with E-state index in [9.17, 15) is 10.1 Å². The third kappa shape index (κ3) is 5.25. The van der Waals surface area contributed by atoms with Gasteiger partial charge in [0.05, 0.1) is 41.8 Å². The summed E-state index contributed by atoms with van der Waals surface area (Å²) in [7, 11) is 0. The number of fused-ring (bicyclic) bond motifs is 1. The Kier molecular flexibility index (Phi) is 6.91. The third-order valence-corrected chi connectivity index (χ3v) is 6.66. The monoisotopic (exact) mass is 534 g/mol. The van der Waals surface area contributed by atoms with Crippen LogP contribution in [-0.2, 0) is 9.53 Å². The molecule has 0 unspecified atom stereocenters. The molecule has 2 aromatic carbocycles. The summed E-state index contributed by atoms with van der Waals surface area (Å²) < 4.78 is 11.7. The largest absolute Gasteiger partial charge is 0.402 e. The van der Waals surface area contributed by atoms with Crippen LogP contribution in [0.1, 0.15) is 30.0 Å². The van der Waals surface area contributed by atoms with Crippen LogP contribution in [0.25, 0.3) is 11.6 Å². The summed E-state index contributed by atoms with van der Waals surface area (Å²) in [6.45, 7) is 3.83. The van der Waals surface area contributed by atoms with Crippen LogP contribution >= 0.6 is 0 Å². The van der Waals surface area contributed by atoms with Gasteiger partial charge >= 0.3 is 6.01 Å². The van der Waals surface area contributed by atoms with E-state index < -0.39 is 6.17 Å². The van der Waals surface area contributed by atoms with Gasteiger partial charge in [-0.2, -0.15) is 5.26 Å². The maximum Gasteiger partial charge on any atom is 0.317 e. The minimum Gasteiger partial charge on any atom is -0.402 e. The number of carbonyl (C=O) groups excluding carboxylic acids is 1. The molecule has 2 aliphatic heterocycles. The SMILES string of the molecule is C[C@H]1CN(c2cc(C#N)cnc2-c2nnc(N[C@@H]3CC(=O)Nc4ccccc4C(c4ccccc4)=N3)o2)CCO1. The van der Waals surface area contributed by atoms with Crippen LogP contribution in [-0.4, -0.2) is 58.8 Å². The number of amides is 1. The van der Waals surface area contributed by atoms with Gasteiger partial charge in [0.25, 0.3) is 5.89 Å². The highest BCUT2D eigenvalue weighted by Crippen LogP contribution is 2.31. The van der Waals surface area contributed by atoms with Gasteiger partial charge < -0.3 is 24.7 Å². The number of anilines is 3. The molecule has 0 bridgehead atoms. The molecular weight excluding hydrogens is 508 g/mol. The second-order valence-corrected chi connectivity index (χ2v) is 9.55. The Labute approximate surface area is 230 Å². The third-order valence-electron chi connectivity index (χ3n) is 6.66. The van der Waals surface area contributed by atoms with E-state index in [2.05, 4.69) is 36.8 Å². The van der Waals surface area contributed by atoms with Crippen molar-refractivity contribution in [2.45, 2.75) is 25.6 Å². The molecule has 11 nitrogen and oxygen atoms in total. The van der Waals surface area contributed by atoms with E-state index in [1.54, 1.807) is 6.07 Å². The zero-order valence-corrected chi connectivity index (χ0v) is 21.7. The van der Waals surface area contributed by atoms with Gasteiger partial charge in [-0.1, -0.05) is 53.6 Å². The molecule has 4 aromatic rings. The first-order chi connectivity index (χ1) is 19.6. The molecule has 2 atom stereocenters. The number of aliphatic imine (C=N–C) groups is 1. The molecule has 6 rings (SSSR count). The Bertz CT molecular complexity index is 1610. The van der Waals surface area contributed by atoms with Gasteiger partial charge in [0, 0.05) is 30.4 Å². The van der Waals surface area contributed by atoms with E-state index in [0.29, 0.717) is 36.6 Å². The lowest BCUT2D eigenvalue weighted by Gasteiger charge is -2.33.